The van der Waals surface area contributed by atoms with Gasteiger partial charge in [-0.15, -0.1) is 0 Å². The third-order valence-electron chi connectivity index (χ3n) is 12.5. The molecule has 0 aromatic rings. The molecule has 16 atom stereocenters. The predicted molar refractivity (Wildman–Crippen MR) is 207 cm³/mol. The number of rotatable bonds is 5. The SMILES string of the molecule is CCC1/C=C/C=C/CC[C@@H](O)[C@@H](C)C(O)C[C@@H](OC)C[C@@H](O)[C@H](C)[C@H](O)[C@@H](C)/C=C/C(=O)O[C@H]2C[C@@]3(CC[C@H](C)[C@H](C[C@@H](C)O)O3)O[C@@H](CC1)[C@H]2CC. The molecule has 10 nitrogen and oxygen atoms in total. The quantitative estimate of drug-likeness (QED) is 0.199. The van der Waals surface area contributed by atoms with Crippen LogP contribution >= 0.6 is 0 Å². The predicted octanol–water partition coefficient (Wildman–Crippen LogP) is 6.41. The molecule has 3 aliphatic heterocycles. The average Bonchev–Trinajstić information content (AvgIpc) is 3.12. The van der Waals surface area contributed by atoms with Crippen LogP contribution in [0.2, 0.25) is 0 Å². The summed E-state index contributed by atoms with van der Waals surface area (Å²) in [6.45, 7) is 13.6. The number of aliphatic hydroxyl groups excluding tert-OH is 5. The number of methoxy groups -OCH3 is 1. The van der Waals surface area contributed by atoms with Crippen molar-refractivity contribution in [2.45, 2.75) is 186 Å². The van der Waals surface area contributed by atoms with E-state index in [1.807, 2.05) is 19.1 Å². The smallest absolute Gasteiger partial charge is 0.330 e. The Balaban J connectivity index is 1.90. The molecule has 2 bridgehead atoms. The lowest BCUT2D eigenvalue weighted by Gasteiger charge is -2.52. The fourth-order valence-corrected chi connectivity index (χ4v) is 8.47. The maximum atomic E-state index is 13.5. The molecule has 0 aromatic heterocycles. The van der Waals surface area contributed by atoms with Crippen LogP contribution in [-0.4, -0.2) is 99.3 Å². The van der Waals surface area contributed by atoms with Gasteiger partial charge in [-0.2, -0.15) is 0 Å². The number of hydrogen-bond acceptors (Lipinski definition) is 10. The van der Waals surface area contributed by atoms with Crippen LogP contribution in [0.3, 0.4) is 0 Å². The zero-order chi connectivity index (χ0) is 39.3. The van der Waals surface area contributed by atoms with E-state index in [4.69, 9.17) is 18.9 Å². The molecule has 10 heteroatoms. The van der Waals surface area contributed by atoms with E-state index in [0.717, 1.165) is 32.1 Å². The molecule has 3 rings (SSSR count). The van der Waals surface area contributed by atoms with Crippen LogP contribution in [-0.2, 0) is 23.7 Å². The van der Waals surface area contributed by atoms with Crippen molar-refractivity contribution in [1.29, 1.82) is 0 Å². The van der Waals surface area contributed by atoms with Gasteiger partial charge in [0.2, 0.25) is 0 Å². The van der Waals surface area contributed by atoms with Gasteiger partial charge in [-0.1, -0.05) is 71.9 Å². The summed E-state index contributed by atoms with van der Waals surface area (Å²) in [5.41, 5.74) is 0. The van der Waals surface area contributed by atoms with Gasteiger partial charge in [-0.25, -0.2) is 4.79 Å². The highest BCUT2D eigenvalue weighted by atomic mass is 16.7. The summed E-state index contributed by atoms with van der Waals surface area (Å²) < 4.78 is 25.6. The first kappa shape index (κ1) is 45.8. The average molecular weight is 751 g/mol. The van der Waals surface area contributed by atoms with Crippen LogP contribution in [0.5, 0.6) is 0 Å². The van der Waals surface area contributed by atoms with Gasteiger partial charge < -0.3 is 44.5 Å². The van der Waals surface area contributed by atoms with Gasteiger partial charge in [0.25, 0.3) is 0 Å². The standard InChI is InChI=1S/C43H74O10/c1-9-32-15-13-11-12-14-16-35(45)30(6)36(46)24-33(50-8)25-37(47)31(7)42(49)28(4)17-20-41(48)51-40-26-43(52-38(19-18-32)34(40)10-2)22-21-27(3)39(53-43)23-29(5)44/h11-13,15,17,20,27-40,42,44-47,49H,9-10,14,16,18-19,21-26H2,1-8H3/b12-11+,15-13+,20-17+/t27-,28-,29+,30+,31-,32?,33+,34+,35+,36?,37+,38-,39-,40-,42+,43-/m0/s1. The van der Waals surface area contributed by atoms with Gasteiger partial charge in [0.15, 0.2) is 5.79 Å². The fourth-order valence-electron chi connectivity index (χ4n) is 8.47. The molecule has 306 valence electrons. The summed E-state index contributed by atoms with van der Waals surface area (Å²) in [5, 5.41) is 54.3. The lowest BCUT2D eigenvalue weighted by molar-refractivity contribution is -0.349. The van der Waals surface area contributed by atoms with E-state index in [-0.39, 0.29) is 42.8 Å². The van der Waals surface area contributed by atoms with Crippen molar-refractivity contribution in [1.82, 2.24) is 0 Å². The van der Waals surface area contributed by atoms with E-state index in [2.05, 4.69) is 32.9 Å². The van der Waals surface area contributed by atoms with Crippen LogP contribution in [0, 0.1) is 35.5 Å². The highest BCUT2D eigenvalue weighted by molar-refractivity contribution is 5.82. The third kappa shape index (κ3) is 13.8. The second-order valence-corrected chi connectivity index (χ2v) is 16.7. The monoisotopic (exact) mass is 751 g/mol. The first-order chi connectivity index (χ1) is 25.1. The Morgan fingerprint density at radius 2 is 1.57 bits per heavy atom. The lowest BCUT2D eigenvalue weighted by Crippen LogP contribution is -2.57. The lowest BCUT2D eigenvalue weighted by atomic mass is 9.78. The minimum absolute atomic E-state index is 0.0321. The van der Waals surface area contributed by atoms with Crippen LogP contribution < -0.4 is 0 Å². The van der Waals surface area contributed by atoms with Gasteiger partial charge in [0.1, 0.15) is 6.10 Å². The van der Waals surface area contributed by atoms with Crippen LogP contribution in [0.1, 0.15) is 126 Å². The van der Waals surface area contributed by atoms with E-state index < -0.39 is 66.3 Å². The van der Waals surface area contributed by atoms with E-state index >= 15 is 0 Å². The van der Waals surface area contributed by atoms with Crippen LogP contribution in [0.25, 0.3) is 0 Å². The highest BCUT2D eigenvalue weighted by Gasteiger charge is 2.52. The molecule has 1 spiro atoms. The Bertz CT molecular complexity index is 1160. The summed E-state index contributed by atoms with van der Waals surface area (Å²) in [6, 6.07) is 0. The number of ether oxygens (including phenoxy) is 4. The number of carbonyl (C=O) groups is 1. The van der Waals surface area contributed by atoms with Crippen molar-refractivity contribution in [3.05, 3.63) is 36.5 Å². The van der Waals surface area contributed by atoms with Crippen molar-refractivity contribution in [2.75, 3.05) is 7.11 Å². The Kier molecular flexibility index (Phi) is 19.2. The first-order valence-electron chi connectivity index (χ1n) is 20.6. The number of aliphatic hydroxyl groups is 5. The summed E-state index contributed by atoms with van der Waals surface area (Å²) in [6.07, 6.45) is 13.7. The Labute approximate surface area is 320 Å². The van der Waals surface area contributed by atoms with Crippen molar-refractivity contribution in [2.24, 2.45) is 35.5 Å². The molecule has 3 aliphatic rings. The largest absolute Gasteiger partial charge is 0.459 e. The van der Waals surface area contributed by atoms with E-state index in [0.29, 0.717) is 38.0 Å². The topological polar surface area (TPSA) is 155 Å². The summed E-state index contributed by atoms with van der Waals surface area (Å²) in [5.74, 6) is -2.24. The van der Waals surface area contributed by atoms with E-state index in [9.17, 15) is 30.3 Å². The van der Waals surface area contributed by atoms with Crippen molar-refractivity contribution >= 4 is 5.97 Å². The number of allylic oxidation sites excluding steroid dienone is 4. The Hall–Kier alpha value is -1.63. The molecular formula is C43H74O10. The minimum atomic E-state index is -0.952. The first-order valence-corrected chi connectivity index (χ1v) is 20.6. The van der Waals surface area contributed by atoms with Crippen LogP contribution in [0.4, 0.5) is 0 Å². The summed E-state index contributed by atoms with van der Waals surface area (Å²) >= 11 is 0. The number of hydrogen-bond donors (Lipinski definition) is 5. The van der Waals surface area contributed by atoms with Gasteiger partial charge >= 0.3 is 5.97 Å². The molecule has 0 aliphatic carbocycles. The van der Waals surface area contributed by atoms with Crippen molar-refractivity contribution in [3.63, 3.8) is 0 Å². The van der Waals surface area contributed by atoms with Gasteiger partial charge in [-0.05, 0) is 83.0 Å². The molecule has 0 saturated carbocycles. The van der Waals surface area contributed by atoms with Crippen molar-refractivity contribution < 1.29 is 49.3 Å². The molecule has 53 heavy (non-hydrogen) atoms. The molecule has 2 unspecified atom stereocenters. The second-order valence-electron chi connectivity index (χ2n) is 16.7. The third-order valence-corrected chi connectivity index (χ3v) is 12.5. The molecule has 0 amide bonds. The van der Waals surface area contributed by atoms with Crippen molar-refractivity contribution in [3.8, 4) is 0 Å². The molecule has 2 saturated heterocycles. The molecule has 0 radical (unpaired) electrons. The highest BCUT2D eigenvalue weighted by Crippen LogP contribution is 2.46. The normalized spacial score (nSPS) is 44.4. The zero-order valence-electron chi connectivity index (χ0n) is 33.9. The van der Waals surface area contributed by atoms with Gasteiger partial charge in [0, 0.05) is 49.7 Å². The van der Waals surface area contributed by atoms with Gasteiger partial charge in [-0.3, -0.25) is 0 Å². The fraction of sp³-hybridized carbons (Fsp3) is 0.837. The van der Waals surface area contributed by atoms with Crippen LogP contribution in [0.15, 0.2) is 36.5 Å². The van der Waals surface area contributed by atoms with E-state index in [1.54, 1.807) is 26.8 Å². The summed E-state index contributed by atoms with van der Waals surface area (Å²) in [4.78, 5) is 13.5. The maximum Gasteiger partial charge on any atom is 0.330 e. The molecule has 5 N–H and O–H groups in total. The minimum Gasteiger partial charge on any atom is -0.459 e. The van der Waals surface area contributed by atoms with Gasteiger partial charge in [0.05, 0.1) is 48.8 Å². The Morgan fingerprint density at radius 3 is 2.21 bits per heavy atom. The number of carbonyl (C=O) groups excluding carboxylic acids is 1. The van der Waals surface area contributed by atoms with E-state index in [1.165, 1.54) is 13.2 Å². The number of fused-ring (bicyclic) bond motifs is 2. The molecular weight excluding hydrogens is 676 g/mol. The number of esters is 1. The summed E-state index contributed by atoms with van der Waals surface area (Å²) in [7, 11) is 1.53. The molecule has 0 aromatic carbocycles. The molecule has 2 fully saturated rings. The maximum absolute atomic E-state index is 13.5. The second kappa shape index (κ2) is 22.2. The molecule has 3 heterocycles. The Morgan fingerprint density at radius 1 is 0.868 bits per heavy atom. The zero-order valence-corrected chi connectivity index (χ0v) is 33.9.